The van der Waals surface area contributed by atoms with Crippen LogP contribution in [0, 0.1) is 40.4 Å². The molecule has 9 N–H and O–H groups in total. The molecule has 2 saturated heterocycles. The molecule has 0 radical (unpaired) electrons. The Labute approximate surface area is 307 Å². The van der Waals surface area contributed by atoms with Gasteiger partial charge in [0.05, 0.1) is 48.8 Å². The Kier molecular flexibility index (Phi) is 11.9. The molecule has 0 aromatic carbocycles. The number of hydrogen-bond acceptors (Lipinski definition) is 14. The summed E-state index contributed by atoms with van der Waals surface area (Å²) >= 11 is 0. The molecule has 0 bridgehead atoms. The summed E-state index contributed by atoms with van der Waals surface area (Å²) in [5, 5.41) is 99.6. The molecule has 6 aliphatic rings. The molecule has 6 rings (SSSR count). The van der Waals surface area contributed by atoms with Gasteiger partial charge < -0.3 is 69.6 Å². The molecule has 6 fully saturated rings. The third kappa shape index (κ3) is 6.61. The molecule has 4 aliphatic carbocycles. The molecule has 0 spiro atoms. The van der Waals surface area contributed by atoms with Crippen molar-refractivity contribution in [3.8, 4) is 0 Å². The largest absolute Gasteiger partial charge is 0.394 e. The van der Waals surface area contributed by atoms with Crippen LogP contribution in [0.3, 0.4) is 0 Å². The van der Waals surface area contributed by atoms with Gasteiger partial charge in [0.15, 0.2) is 12.6 Å². The van der Waals surface area contributed by atoms with E-state index in [4.69, 9.17) is 23.7 Å². The Morgan fingerprint density at radius 2 is 1.56 bits per heavy atom. The van der Waals surface area contributed by atoms with Crippen molar-refractivity contribution >= 4 is 0 Å². The molecule has 20 atom stereocenters. The van der Waals surface area contributed by atoms with Gasteiger partial charge >= 0.3 is 0 Å². The van der Waals surface area contributed by atoms with E-state index in [0.717, 1.165) is 12.8 Å². The van der Waals surface area contributed by atoms with Gasteiger partial charge in [0, 0.05) is 31.3 Å². The van der Waals surface area contributed by atoms with Crippen molar-refractivity contribution in [3.63, 3.8) is 0 Å². The van der Waals surface area contributed by atoms with E-state index in [9.17, 15) is 46.0 Å². The summed E-state index contributed by atoms with van der Waals surface area (Å²) in [7, 11) is 1.35. The zero-order chi connectivity index (χ0) is 38.1. The summed E-state index contributed by atoms with van der Waals surface area (Å²) in [5.74, 6) is -0.584. The fourth-order valence-electron chi connectivity index (χ4n) is 12.1. The van der Waals surface area contributed by atoms with Gasteiger partial charge in [0.25, 0.3) is 0 Å². The van der Waals surface area contributed by atoms with Crippen LogP contribution in [-0.4, -0.2) is 151 Å². The topological polar surface area (TPSA) is 228 Å². The Morgan fingerprint density at radius 3 is 2.21 bits per heavy atom. The van der Waals surface area contributed by atoms with Crippen LogP contribution in [0.1, 0.15) is 92.4 Å². The van der Waals surface area contributed by atoms with Crippen molar-refractivity contribution in [1.29, 1.82) is 0 Å². The van der Waals surface area contributed by atoms with E-state index in [0.29, 0.717) is 32.1 Å². The zero-order valence-electron chi connectivity index (χ0n) is 31.7. The zero-order valence-corrected chi connectivity index (χ0v) is 31.7. The van der Waals surface area contributed by atoms with E-state index in [1.54, 1.807) is 0 Å². The molecule has 302 valence electrons. The lowest BCUT2D eigenvalue weighted by molar-refractivity contribution is -0.315. The van der Waals surface area contributed by atoms with Gasteiger partial charge in [-0.1, -0.05) is 34.6 Å². The first-order valence-corrected chi connectivity index (χ1v) is 19.6. The lowest BCUT2D eigenvalue weighted by Crippen LogP contribution is -2.75. The van der Waals surface area contributed by atoms with Crippen molar-refractivity contribution in [2.75, 3.05) is 20.3 Å². The van der Waals surface area contributed by atoms with Crippen LogP contribution in [0.25, 0.3) is 0 Å². The normalized spacial score (nSPS) is 53.3. The SMILES string of the molecule is CO[C@H]1[C@H](O[C@H]2[C@H](OC(CC[C@@H](C)[C@@H]3C[C@H](O)[C@H]4C5(O)C[C@@H](O)[C@@]6(O)C[C@@H](O)CC[C@]6(C)[C@H]5CC[C@]34C)C(C)C)O[C@@H](CO)[C@@H]2O)OC[C@@H](O)[C@@H]1O. The van der Waals surface area contributed by atoms with Gasteiger partial charge in [-0.3, -0.25) is 0 Å². The first kappa shape index (κ1) is 41.1. The third-order valence-corrected chi connectivity index (χ3v) is 15.0. The number of aliphatic hydroxyl groups is 9. The molecule has 14 nitrogen and oxygen atoms in total. The lowest BCUT2D eigenvalue weighted by atomic mass is 9.40. The van der Waals surface area contributed by atoms with E-state index < -0.39 is 102 Å². The van der Waals surface area contributed by atoms with Gasteiger partial charge in [-0.05, 0) is 74.0 Å². The van der Waals surface area contributed by atoms with Crippen molar-refractivity contribution in [2.24, 2.45) is 40.4 Å². The lowest BCUT2D eigenvalue weighted by Gasteiger charge is -2.68. The highest BCUT2D eigenvalue weighted by atomic mass is 16.8. The molecule has 0 aromatic heterocycles. The number of fused-ring (bicyclic) bond motifs is 5. The molecule has 14 heteroatoms. The summed E-state index contributed by atoms with van der Waals surface area (Å²) < 4.78 is 29.5. The number of hydrogen-bond donors (Lipinski definition) is 9. The highest BCUT2D eigenvalue weighted by Gasteiger charge is 2.74. The number of ether oxygens (including phenoxy) is 5. The van der Waals surface area contributed by atoms with Crippen molar-refractivity contribution < 1.29 is 69.6 Å². The summed E-state index contributed by atoms with van der Waals surface area (Å²) in [4.78, 5) is 0. The predicted octanol–water partition coefficient (Wildman–Crippen LogP) is 0.192. The first-order chi connectivity index (χ1) is 24.4. The van der Waals surface area contributed by atoms with Gasteiger partial charge in [-0.2, -0.15) is 0 Å². The van der Waals surface area contributed by atoms with E-state index in [1.807, 2.05) is 20.8 Å². The van der Waals surface area contributed by atoms with Crippen molar-refractivity contribution in [2.45, 2.75) is 177 Å². The Balaban J connectivity index is 1.14. The van der Waals surface area contributed by atoms with E-state index in [1.165, 1.54) is 7.11 Å². The third-order valence-electron chi connectivity index (χ3n) is 15.0. The molecule has 0 aromatic rings. The van der Waals surface area contributed by atoms with E-state index >= 15 is 0 Å². The van der Waals surface area contributed by atoms with Gasteiger partial charge in [0.2, 0.25) is 0 Å². The Morgan fingerprint density at radius 1 is 0.846 bits per heavy atom. The number of rotatable bonds is 11. The Bertz CT molecular complexity index is 1230. The van der Waals surface area contributed by atoms with E-state index in [2.05, 4.69) is 13.8 Å². The molecule has 2 aliphatic heterocycles. The van der Waals surface area contributed by atoms with Gasteiger partial charge in [-0.15, -0.1) is 0 Å². The van der Waals surface area contributed by atoms with Crippen LogP contribution in [0.4, 0.5) is 0 Å². The van der Waals surface area contributed by atoms with Crippen molar-refractivity contribution in [3.05, 3.63) is 0 Å². The standard InChI is InChI=1S/C38H66O14/c1-18(2)24(50-34-31(29(45)25(16-39)51-34)52-33-30(48-6)28(44)23(42)17-49-33)8-7-19(3)21-13-22(41)32-35(21,4)11-10-26-36(5)12-9-20(40)14-38(36,47)27(43)15-37(26,32)46/h18-34,39-47H,7-17H2,1-6H3/t19-,20+,21+,22+,23-,24?,25+,26-,27-,28+,29+,30-,31-,32-,33+,34-,35-,36-,37?,38+/m1/s1. The maximum atomic E-state index is 12.6. The molecule has 52 heavy (non-hydrogen) atoms. The minimum Gasteiger partial charge on any atom is -0.394 e. The second kappa shape index (κ2) is 15.1. The van der Waals surface area contributed by atoms with Crippen LogP contribution in [0.2, 0.25) is 0 Å². The molecule has 0 amide bonds. The predicted molar refractivity (Wildman–Crippen MR) is 184 cm³/mol. The van der Waals surface area contributed by atoms with Gasteiger partial charge in [-0.25, -0.2) is 0 Å². The highest BCUT2D eigenvalue weighted by Crippen LogP contribution is 2.70. The monoisotopic (exact) mass is 746 g/mol. The second-order valence-corrected chi connectivity index (χ2v) is 18.2. The summed E-state index contributed by atoms with van der Waals surface area (Å²) in [6.07, 6.45) is -7.77. The van der Waals surface area contributed by atoms with Crippen LogP contribution in [0.15, 0.2) is 0 Å². The summed E-state index contributed by atoms with van der Waals surface area (Å²) in [6, 6.07) is 0. The molecule has 2 heterocycles. The smallest absolute Gasteiger partial charge is 0.187 e. The van der Waals surface area contributed by atoms with Crippen LogP contribution in [0.5, 0.6) is 0 Å². The minimum atomic E-state index is -1.50. The highest BCUT2D eigenvalue weighted by molar-refractivity contribution is 5.24. The average Bonchev–Trinajstić information content (AvgIpc) is 3.53. The maximum Gasteiger partial charge on any atom is 0.187 e. The molecular formula is C38H66O14. The maximum absolute atomic E-state index is 12.6. The van der Waals surface area contributed by atoms with Crippen LogP contribution in [-0.2, 0) is 23.7 Å². The summed E-state index contributed by atoms with van der Waals surface area (Å²) in [5.41, 5.74) is -4.09. The minimum absolute atomic E-state index is 0.0299. The van der Waals surface area contributed by atoms with E-state index in [-0.39, 0.29) is 49.2 Å². The quantitative estimate of drug-likeness (QED) is 0.138. The van der Waals surface area contributed by atoms with Gasteiger partial charge in [0.1, 0.15) is 36.6 Å². The fraction of sp³-hybridized carbons (Fsp3) is 1.00. The molecule has 2 unspecified atom stereocenters. The Hall–Kier alpha value is -0.560. The fourth-order valence-corrected chi connectivity index (χ4v) is 12.1. The average molecular weight is 747 g/mol. The molecular weight excluding hydrogens is 680 g/mol. The number of methoxy groups -OCH3 is 1. The molecule has 4 saturated carbocycles. The van der Waals surface area contributed by atoms with Crippen LogP contribution < -0.4 is 0 Å². The number of aliphatic hydroxyl groups excluding tert-OH is 7. The van der Waals surface area contributed by atoms with Crippen molar-refractivity contribution in [1.82, 2.24) is 0 Å². The summed E-state index contributed by atoms with van der Waals surface area (Å²) in [6.45, 7) is 9.67. The second-order valence-electron chi connectivity index (χ2n) is 18.2. The van der Waals surface area contributed by atoms with Crippen LogP contribution >= 0.6 is 0 Å². The first-order valence-electron chi connectivity index (χ1n) is 19.6.